The molecule has 240 valence electrons. The highest BCUT2D eigenvalue weighted by atomic mass is 16.6. The molecule has 0 saturated carbocycles. The number of carbonyl (C=O) groups excluding carboxylic acids is 5. The van der Waals surface area contributed by atoms with Crippen LogP contribution < -0.4 is 21.1 Å². The van der Waals surface area contributed by atoms with Crippen LogP contribution in [0.5, 0.6) is 5.75 Å². The Balaban J connectivity index is 1.56. The van der Waals surface area contributed by atoms with Crippen LogP contribution >= 0.6 is 0 Å². The molecule has 1 atom stereocenters. The van der Waals surface area contributed by atoms with E-state index in [1.54, 1.807) is 13.0 Å². The summed E-state index contributed by atoms with van der Waals surface area (Å²) in [6.07, 6.45) is 0.420. The van der Waals surface area contributed by atoms with Crippen molar-refractivity contribution < 1.29 is 52.4 Å². The zero-order chi connectivity index (χ0) is 31.3. The lowest BCUT2D eigenvalue weighted by atomic mass is 10.1. The lowest BCUT2D eigenvalue weighted by molar-refractivity contribution is -0.125. The molecule has 1 heterocycles. The van der Waals surface area contributed by atoms with E-state index < -0.39 is 29.7 Å². The number of fused-ring (bicyclic) bond motifs is 1. The summed E-state index contributed by atoms with van der Waals surface area (Å²) in [6, 6.07) is 3.97. The Kier molecular flexibility index (Phi) is 17.7. The fourth-order valence-corrected chi connectivity index (χ4v) is 3.92. The number of nitrogens with zero attached hydrogens (tertiary/aromatic N) is 1. The number of carbonyl (C=O) groups is 5. The smallest absolute Gasteiger partial charge is 0.265 e. The fourth-order valence-electron chi connectivity index (χ4n) is 3.92. The first-order valence-corrected chi connectivity index (χ1v) is 14.1. The van der Waals surface area contributed by atoms with Crippen molar-refractivity contribution in [2.24, 2.45) is 5.73 Å². The van der Waals surface area contributed by atoms with Gasteiger partial charge in [-0.25, -0.2) is 0 Å². The Hall–Kier alpha value is -3.47. The molecule has 0 bridgehead atoms. The predicted molar refractivity (Wildman–Crippen MR) is 151 cm³/mol. The highest BCUT2D eigenvalue weighted by Gasteiger charge is 2.40. The monoisotopic (exact) mass is 610 g/mol. The molecule has 0 spiro atoms. The second kappa shape index (κ2) is 21.3. The van der Waals surface area contributed by atoms with Crippen LogP contribution in [0.15, 0.2) is 18.2 Å². The van der Waals surface area contributed by atoms with Crippen molar-refractivity contribution in [1.82, 2.24) is 15.5 Å². The maximum absolute atomic E-state index is 13.1. The van der Waals surface area contributed by atoms with Gasteiger partial charge in [-0.3, -0.25) is 34.2 Å². The Bertz CT molecular complexity index is 1040. The number of hydrogen-bond acceptors (Lipinski definition) is 12. The number of amides is 5. The second-order valence-electron chi connectivity index (χ2n) is 9.22. The maximum Gasteiger partial charge on any atom is 0.265 e. The van der Waals surface area contributed by atoms with Crippen molar-refractivity contribution in [3.05, 3.63) is 29.3 Å². The average Bonchev–Trinajstić information content (AvgIpc) is 3.26. The minimum atomic E-state index is -0.595. The fraction of sp³-hybridized carbons (Fsp3) is 0.607. The van der Waals surface area contributed by atoms with Gasteiger partial charge in [-0.1, -0.05) is 6.07 Å². The minimum absolute atomic E-state index is 0.0350. The molecule has 2 rings (SSSR count). The molecule has 0 aromatic heterocycles. The zero-order valence-electron chi connectivity index (χ0n) is 24.5. The van der Waals surface area contributed by atoms with Gasteiger partial charge in [0.1, 0.15) is 5.75 Å². The minimum Gasteiger partial charge on any atom is -0.483 e. The molecule has 0 radical (unpaired) electrons. The molecule has 1 aliphatic rings. The van der Waals surface area contributed by atoms with Crippen molar-refractivity contribution in [2.45, 2.75) is 25.8 Å². The van der Waals surface area contributed by atoms with E-state index in [1.165, 1.54) is 12.1 Å². The van der Waals surface area contributed by atoms with Gasteiger partial charge in [0.25, 0.3) is 17.7 Å². The van der Waals surface area contributed by atoms with Gasteiger partial charge in [-0.15, -0.1) is 0 Å². The van der Waals surface area contributed by atoms with Gasteiger partial charge in [0.15, 0.2) is 6.61 Å². The third-order valence-corrected chi connectivity index (χ3v) is 6.04. The zero-order valence-corrected chi connectivity index (χ0v) is 24.5. The van der Waals surface area contributed by atoms with Crippen LogP contribution in [0, 0.1) is 0 Å². The number of imide groups is 2. The van der Waals surface area contributed by atoms with Crippen molar-refractivity contribution in [1.29, 1.82) is 0 Å². The first-order chi connectivity index (χ1) is 20.9. The topological polar surface area (TPSA) is 194 Å². The van der Waals surface area contributed by atoms with Crippen LogP contribution in [0.3, 0.4) is 0 Å². The normalized spacial score (nSPS) is 13.1. The molecule has 1 aromatic rings. The maximum atomic E-state index is 13.1. The van der Waals surface area contributed by atoms with E-state index in [0.29, 0.717) is 66.0 Å². The largest absolute Gasteiger partial charge is 0.483 e. The first kappa shape index (κ1) is 35.7. The molecule has 15 heteroatoms. The Morgan fingerprint density at radius 2 is 1.44 bits per heavy atom. The second-order valence-corrected chi connectivity index (χ2v) is 9.22. The first-order valence-electron chi connectivity index (χ1n) is 14.1. The summed E-state index contributed by atoms with van der Waals surface area (Å²) in [6.45, 7) is 6.32. The van der Waals surface area contributed by atoms with Crippen molar-refractivity contribution in [3.63, 3.8) is 0 Å². The summed E-state index contributed by atoms with van der Waals surface area (Å²) in [5.41, 5.74) is 5.54. The van der Waals surface area contributed by atoms with Crippen LogP contribution in [0.1, 0.15) is 40.5 Å². The molecule has 43 heavy (non-hydrogen) atoms. The van der Waals surface area contributed by atoms with Crippen molar-refractivity contribution >= 4 is 30.0 Å². The summed E-state index contributed by atoms with van der Waals surface area (Å²) >= 11 is 0. The molecule has 4 N–H and O–H groups in total. The quantitative estimate of drug-likeness (QED) is 0.0714. The van der Waals surface area contributed by atoms with E-state index in [4.69, 9.17) is 34.2 Å². The van der Waals surface area contributed by atoms with Crippen LogP contribution in [0.2, 0.25) is 0 Å². The van der Waals surface area contributed by atoms with Gasteiger partial charge in [-0.05, 0) is 25.5 Å². The van der Waals surface area contributed by atoms with E-state index >= 15 is 0 Å². The summed E-state index contributed by atoms with van der Waals surface area (Å²) in [4.78, 5) is 61.2. The molecular weight excluding hydrogens is 568 g/mol. The third-order valence-electron chi connectivity index (χ3n) is 6.04. The SMILES string of the molecule is CC(CCC(=O)NC=O)N1C(=O)c2cccc(OCC(=O)NCCOCCOCCOCCOCCOCCN)c2C1=O. The van der Waals surface area contributed by atoms with Crippen LogP contribution in [0.25, 0.3) is 0 Å². The summed E-state index contributed by atoms with van der Waals surface area (Å²) < 4.78 is 32.3. The van der Waals surface area contributed by atoms with Gasteiger partial charge in [0.05, 0.1) is 77.2 Å². The Morgan fingerprint density at radius 1 is 0.860 bits per heavy atom. The van der Waals surface area contributed by atoms with Gasteiger partial charge in [0.2, 0.25) is 12.3 Å². The van der Waals surface area contributed by atoms with E-state index in [0.717, 1.165) is 4.90 Å². The van der Waals surface area contributed by atoms with E-state index in [-0.39, 0.29) is 55.9 Å². The van der Waals surface area contributed by atoms with E-state index in [1.807, 2.05) is 5.32 Å². The van der Waals surface area contributed by atoms with E-state index in [2.05, 4.69) is 5.32 Å². The highest BCUT2D eigenvalue weighted by molar-refractivity contribution is 6.22. The standard InChI is InChI=1S/C28H42N4O11/c1-21(5-6-24(34)31-20-33)32-27(36)22-3-2-4-23(26(22)28(32)37)43-19-25(35)30-8-10-39-12-14-41-16-18-42-17-15-40-13-11-38-9-7-29/h2-4,20-21H,5-19,29H2,1H3,(H,30,35)(H,31,33,34). The highest BCUT2D eigenvalue weighted by Crippen LogP contribution is 2.32. The number of rotatable bonds is 25. The summed E-state index contributed by atoms with van der Waals surface area (Å²) in [7, 11) is 0. The molecule has 5 amide bonds. The van der Waals surface area contributed by atoms with Crippen LogP contribution in [-0.4, -0.2) is 127 Å². The number of hydrogen-bond donors (Lipinski definition) is 3. The third kappa shape index (κ3) is 13.1. The number of nitrogens with two attached hydrogens (primary N) is 1. The van der Waals surface area contributed by atoms with Gasteiger partial charge in [-0.2, -0.15) is 0 Å². The van der Waals surface area contributed by atoms with Crippen LogP contribution in [-0.2, 0) is 38.1 Å². The number of ether oxygens (including phenoxy) is 6. The van der Waals surface area contributed by atoms with Gasteiger partial charge in [0, 0.05) is 25.6 Å². The molecule has 0 aliphatic carbocycles. The lowest BCUT2D eigenvalue weighted by Gasteiger charge is -2.22. The van der Waals surface area contributed by atoms with Gasteiger partial charge < -0.3 is 39.5 Å². The Morgan fingerprint density at radius 3 is 2.02 bits per heavy atom. The van der Waals surface area contributed by atoms with Crippen molar-refractivity contribution in [3.8, 4) is 5.75 Å². The number of benzene rings is 1. The molecule has 1 unspecified atom stereocenters. The molecule has 1 aliphatic heterocycles. The molecule has 0 fully saturated rings. The summed E-state index contributed by atoms with van der Waals surface area (Å²) in [5.74, 6) is -1.91. The summed E-state index contributed by atoms with van der Waals surface area (Å²) in [5, 5.41) is 4.68. The predicted octanol–water partition coefficient (Wildman–Crippen LogP) is -0.739. The van der Waals surface area contributed by atoms with E-state index in [9.17, 15) is 24.0 Å². The average molecular weight is 611 g/mol. The Labute approximate surface area is 250 Å². The molecule has 1 aromatic carbocycles. The van der Waals surface area contributed by atoms with Crippen molar-refractivity contribution in [2.75, 3.05) is 85.8 Å². The number of nitrogens with one attached hydrogen (secondary N) is 2. The molecular formula is C28H42N4O11. The molecule has 0 saturated heterocycles. The van der Waals surface area contributed by atoms with Crippen LogP contribution in [0.4, 0.5) is 0 Å². The lowest BCUT2D eigenvalue weighted by Crippen LogP contribution is -2.38. The molecule has 15 nitrogen and oxygen atoms in total. The van der Waals surface area contributed by atoms with Gasteiger partial charge >= 0.3 is 0 Å².